The van der Waals surface area contributed by atoms with Crippen LogP contribution in [0, 0.1) is 11.7 Å². The van der Waals surface area contributed by atoms with Gasteiger partial charge in [-0.15, -0.1) is 0 Å². The molecule has 0 bridgehead atoms. The minimum atomic E-state index is -0.321. The van der Waals surface area contributed by atoms with Gasteiger partial charge in [0.25, 0.3) is 0 Å². The summed E-state index contributed by atoms with van der Waals surface area (Å²) < 4.78 is 29.9. The summed E-state index contributed by atoms with van der Waals surface area (Å²) in [6.45, 7) is 3.05. The van der Waals surface area contributed by atoms with Gasteiger partial charge in [0.05, 0.1) is 27.4 Å². The summed E-state index contributed by atoms with van der Waals surface area (Å²) in [6, 6.07) is 3.00. The van der Waals surface area contributed by atoms with Crippen molar-refractivity contribution in [3.05, 3.63) is 23.5 Å². The lowest BCUT2D eigenvalue weighted by Gasteiger charge is -2.23. The summed E-state index contributed by atoms with van der Waals surface area (Å²) in [6.07, 6.45) is 0. The number of hydrogen-bond acceptors (Lipinski definition) is 5. The molecular formula is C15H22FNO4. The van der Waals surface area contributed by atoms with Gasteiger partial charge in [0.1, 0.15) is 5.82 Å². The first kappa shape index (κ1) is 16.0. The summed E-state index contributed by atoms with van der Waals surface area (Å²) in [5.74, 6) is 0.638. The molecule has 1 aliphatic heterocycles. The van der Waals surface area contributed by atoms with Crippen molar-refractivity contribution < 1.29 is 23.7 Å². The number of nitrogens with zero attached hydrogens (tertiary/aromatic N) is 1. The number of ether oxygens (including phenoxy) is 3. The molecule has 0 aromatic heterocycles. The average Bonchev–Trinajstić information content (AvgIpc) is 2.73. The maximum Gasteiger partial charge on any atom is 0.163 e. The number of halogens is 1. The Balaban J connectivity index is 2.14. The second kappa shape index (κ2) is 7.59. The molecule has 5 nitrogen and oxygen atoms in total. The first-order valence-corrected chi connectivity index (χ1v) is 6.99. The zero-order valence-electron chi connectivity index (χ0n) is 12.5. The second-order valence-electron chi connectivity index (χ2n) is 5.16. The van der Waals surface area contributed by atoms with Crippen molar-refractivity contribution in [1.29, 1.82) is 0 Å². The van der Waals surface area contributed by atoms with Crippen LogP contribution in [-0.2, 0) is 11.3 Å². The van der Waals surface area contributed by atoms with Crippen LogP contribution < -0.4 is 9.47 Å². The summed E-state index contributed by atoms with van der Waals surface area (Å²) in [4.78, 5) is 2.08. The van der Waals surface area contributed by atoms with E-state index in [0.29, 0.717) is 49.9 Å². The van der Waals surface area contributed by atoms with E-state index in [1.807, 2.05) is 0 Å². The van der Waals surface area contributed by atoms with Gasteiger partial charge in [-0.2, -0.15) is 0 Å². The number of aliphatic hydroxyl groups is 1. The van der Waals surface area contributed by atoms with Crippen molar-refractivity contribution in [2.75, 3.05) is 47.1 Å². The van der Waals surface area contributed by atoms with Gasteiger partial charge >= 0.3 is 0 Å². The van der Waals surface area contributed by atoms with E-state index in [1.54, 1.807) is 6.07 Å². The maximum absolute atomic E-state index is 14.1. The monoisotopic (exact) mass is 299 g/mol. The van der Waals surface area contributed by atoms with Crippen molar-refractivity contribution in [3.63, 3.8) is 0 Å². The zero-order chi connectivity index (χ0) is 15.2. The Labute approximate surface area is 124 Å². The maximum atomic E-state index is 14.1. The first-order chi connectivity index (χ1) is 10.2. The highest BCUT2D eigenvalue weighted by Gasteiger charge is 2.20. The lowest BCUT2D eigenvalue weighted by Crippen LogP contribution is -2.31. The van der Waals surface area contributed by atoms with Crippen LogP contribution in [0.4, 0.5) is 4.39 Å². The largest absolute Gasteiger partial charge is 0.493 e. The van der Waals surface area contributed by atoms with Gasteiger partial charge in [0.15, 0.2) is 11.5 Å². The van der Waals surface area contributed by atoms with Gasteiger partial charge in [-0.05, 0) is 6.07 Å². The molecule has 0 aliphatic carbocycles. The molecule has 6 heteroatoms. The van der Waals surface area contributed by atoms with Crippen LogP contribution >= 0.6 is 0 Å². The Morgan fingerprint density at radius 2 is 2.05 bits per heavy atom. The highest BCUT2D eigenvalue weighted by Crippen LogP contribution is 2.30. The molecule has 1 heterocycles. The van der Waals surface area contributed by atoms with Gasteiger partial charge in [-0.3, -0.25) is 4.90 Å². The van der Waals surface area contributed by atoms with Crippen LogP contribution in [0.15, 0.2) is 12.1 Å². The Hall–Kier alpha value is -1.37. The van der Waals surface area contributed by atoms with Crippen LogP contribution in [0.3, 0.4) is 0 Å². The van der Waals surface area contributed by atoms with E-state index in [4.69, 9.17) is 14.2 Å². The first-order valence-electron chi connectivity index (χ1n) is 6.99. The molecular weight excluding hydrogens is 277 g/mol. The van der Waals surface area contributed by atoms with Crippen molar-refractivity contribution in [2.24, 2.45) is 5.92 Å². The Morgan fingerprint density at radius 3 is 2.71 bits per heavy atom. The van der Waals surface area contributed by atoms with E-state index in [-0.39, 0.29) is 18.3 Å². The van der Waals surface area contributed by atoms with Gasteiger partial charge in [0, 0.05) is 43.8 Å². The zero-order valence-corrected chi connectivity index (χ0v) is 12.5. The molecule has 1 aromatic carbocycles. The molecule has 2 rings (SSSR count). The minimum absolute atomic E-state index is 0.0655. The molecule has 21 heavy (non-hydrogen) atoms. The third kappa shape index (κ3) is 4.06. The van der Waals surface area contributed by atoms with Crippen molar-refractivity contribution in [2.45, 2.75) is 6.54 Å². The second-order valence-corrected chi connectivity index (χ2v) is 5.16. The van der Waals surface area contributed by atoms with Crippen molar-refractivity contribution >= 4 is 0 Å². The standard InChI is InChI=1S/C15H22FNO4/c1-19-14-5-12(13(16)6-15(14)20-2)8-17-3-4-21-10-11(7-17)9-18/h5-6,11,18H,3-4,7-10H2,1-2H3/t11-/m0/s1. The van der Waals surface area contributed by atoms with E-state index >= 15 is 0 Å². The highest BCUT2D eigenvalue weighted by atomic mass is 19.1. The molecule has 1 N–H and O–H groups in total. The van der Waals surface area contributed by atoms with Gasteiger partial charge in [-0.25, -0.2) is 4.39 Å². The van der Waals surface area contributed by atoms with E-state index in [2.05, 4.69) is 4.90 Å². The summed E-state index contributed by atoms with van der Waals surface area (Å²) in [5, 5.41) is 9.29. The quantitative estimate of drug-likeness (QED) is 0.888. The fraction of sp³-hybridized carbons (Fsp3) is 0.600. The summed E-state index contributed by atoms with van der Waals surface area (Å²) in [7, 11) is 3.01. The van der Waals surface area contributed by atoms with Crippen molar-refractivity contribution in [1.82, 2.24) is 4.90 Å². The Kier molecular flexibility index (Phi) is 5.78. The van der Waals surface area contributed by atoms with E-state index < -0.39 is 0 Å². The topological polar surface area (TPSA) is 51.2 Å². The Bertz CT molecular complexity index is 469. The van der Waals surface area contributed by atoms with Crippen LogP contribution in [0.2, 0.25) is 0 Å². The molecule has 0 radical (unpaired) electrons. The van der Waals surface area contributed by atoms with E-state index in [9.17, 15) is 9.50 Å². The SMILES string of the molecule is COc1cc(F)c(CN2CCOC[C@H](CO)C2)cc1OC. The van der Waals surface area contributed by atoms with Crippen LogP contribution in [-0.4, -0.2) is 57.1 Å². The molecule has 0 saturated carbocycles. The lowest BCUT2D eigenvalue weighted by atomic mass is 10.1. The van der Waals surface area contributed by atoms with Gasteiger partial charge in [0.2, 0.25) is 0 Å². The predicted molar refractivity (Wildman–Crippen MR) is 76.2 cm³/mol. The highest BCUT2D eigenvalue weighted by molar-refractivity contribution is 5.43. The van der Waals surface area contributed by atoms with Crippen LogP contribution in [0.25, 0.3) is 0 Å². The third-order valence-electron chi connectivity index (χ3n) is 3.63. The summed E-state index contributed by atoms with van der Waals surface area (Å²) >= 11 is 0. The third-order valence-corrected chi connectivity index (χ3v) is 3.63. The molecule has 0 spiro atoms. The number of hydrogen-bond donors (Lipinski definition) is 1. The van der Waals surface area contributed by atoms with E-state index in [0.717, 1.165) is 0 Å². The van der Waals surface area contributed by atoms with Gasteiger partial charge in [-0.1, -0.05) is 0 Å². The summed E-state index contributed by atoms with van der Waals surface area (Å²) in [5.41, 5.74) is 0.547. The Morgan fingerprint density at radius 1 is 1.33 bits per heavy atom. The fourth-order valence-electron chi connectivity index (χ4n) is 2.47. The van der Waals surface area contributed by atoms with Crippen LogP contribution in [0.5, 0.6) is 11.5 Å². The lowest BCUT2D eigenvalue weighted by molar-refractivity contribution is 0.0958. The number of benzene rings is 1. The molecule has 1 aromatic rings. The number of methoxy groups -OCH3 is 2. The molecule has 1 fully saturated rings. The van der Waals surface area contributed by atoms with Crippen LogP contribution in [0.1, 0.15) is 5.56 Å². The van der Waals surface area contributed by atoms with Crippen molar-refractivity contribution in [3.8, 4) is 11.5 Å². The number of rotatable bonds is 5. The van der Waals surface area contributed by atoms with E-state index in [1.165, 1.54) is 20.3 Å². The molecule has 1 atom stereocenters. The minimum Gasteiger partial charge on any atom is -0.493 e. The molecule has 118 valence electrons. The predicted octanol–water partition coefficient (Wildman–Crippen LogP) is 1.28. The number of aliphatic hydroxyl groups excluding tert-OH is 1. The molecule has 0 unspecified atom stereocenters. The van der Waals surface area contributed by atoms with Gasteiger partial charge < -0.3 is 19.3 Å². The average molecular weight is 299 g/mol. The smallest absolute Gasteiger partial charge is 0.163 e. The molecule has 1 saturated heterocycles. The molecule has 0 amide bonds. The fourth-order valence-corrected chi connectivity index (χ4v) is 2.47. The normalized spacial score (nSPS) is 20.1. The molecule has 1 aliphatic rings.